The van der Waals surface area contributed by atoms with Crippen molar-refractivity contribution >= 4 is 0 Å². The molecule has 1 aliphatic rings. The van der Waals surface area contributed by atoms with E-state index >= 15 is 0 Å². The lowest BCUT2D eigenvalue weighted by molar-refractivity contribution is 0.594. The van der Waals surface area contributed by atoms with Crippen molar-refractivity contribution in [1.82, 2.24) is 0 Å². The third-order valence-electron chi connectivity index (χ3n) is 2.77. The van der Waals surface area contributed by atoms with Gasteiger partial charge in [-0.3, -0.25) is 0 Å². The van der Waals surface area contributed by atoms with Crippen LogP contribution in [0.15, 0.2) is 54.3 Å². The molecule has 1 nitrogen and oxygen atoms in total. The van der Waals surface area contributed by atoms with E-state index in [1.54, 1.807) is 0 Å². The van der Waals surface area contributed by atoms with E-state index in [0.29, 0.717) is 0 Å². The van der Waals surface area contributed by atoms with Crippen LogP contribution >= 0.6 is 0 Å². The van der Waals surface area contributed by atoms with E-state index in [1.807, 2.05) is 12.1 Å². The van der Waals surface area contributed by atoms with Gasteiger partial charge in [-0.1, -0.05) is 49.4 Å². The first-order valence-corrected chi connectivity index (χ1v) is 4.91. The minimum absolute atomic E-state index is 0.0695. The molecule has 0 heterocycles. The average Bonchev–Trinajstić information content (AvgIpc) is 2.19. The van der Waals surface area contributed by atoms with Gasteiger partial charge in [0.15, 0.2) is 0 Å². The predicted octanol–water partition coefficient (Wildman–Crippen LogP) is 2.75. The highest BCUT2D eigenvalue weighted by molar-refractivity contribution is 5.37. The van der Waals surface area contributed by atoms with Gasteiger partial charge in [0.2, 0.25) is 0 Å². The minimum atomic E-state index is 0.0695. The summed E-state index contributed by atoms with van der Waals surface area (Å²) in [7, 11) is 0. The Labute approximate surface area is 84.9 Å². The van der Waals surface area contributed by atoms with E-state index in [4.69, 9.17) is 5.73 Å². The second-order valence-corrected chi connectivity index (χ2v) is 4.03. The summed E-state index contributed by atoms with van der Waals surface area (Å²) in [5.74, 6) is 0. The van der Waals surface area contributed by atoms with Crippen LogP contribution in [-0.2, 0) is 5.41 Å². The van der Waals surface area contributed by atoms with Gasteiger partial charge in [0, 0.05) is 11.1 Å². The molecule has 0 bridgehead atoms. The molecule has 0 aliphatic heterocycles. The van der Waals surface area contributed by atoms with Gasteiger partial charge in [0.05, 0.1) is 0 Å². The Hall–Kier alpha value is -1.50. The lowest BCUT2D eigenvalue weighted by atomic mass is 9.77. The molecule has 0 saturated carbocycles. The van der Waals surface area contributed by atoms with Crippen molar-refractivity contribution in [3.63, 3.8) is 0 Å². The first kappa shape index (κ1) is 9.07. The number of allylic oxidation sites excluding steroid dienone is 3. The molecule has 1 heteroatoms. The zero-order valence-corrected chi connectivity index (χ0v) is 8.40. The lowest BCUT2D eigenvalue weighted by Gasteiger charge is -2.28. The Balaban J connectivity index is 2.39. The number of rotatable bonds is 1. The van der Waals surface area contributed by atoms with Crippen molar-refractivity contribution in [1.29, 1.82) is 0 Å². The third-order valence-corrected chi connectivity index (χ3v) is 2.77. The van der Waals surface area contributed by atoms with Crippen molar-refractivity contribution in [3.8, 4) is 0 Å². The molecule has 0 radical (unpaired) electrons. The number of hydrogen-bond acceptors (Lipinski definition) is 1. The quantitative estimate of drug-likeness (QED) is 0.715. The summed E-state index contributed by atoms with van der Waals surface area (Å²) >= 11 is 0. The van der Waals surface area contributed by atoms with Gasteiger partial charge in [0.25, 0.3) is 0 Å². The zero-order chi connectivity index (χ0) is 10.0. The normalized spacial score (nSPS) is 25.9. The van der Waals surface area contributed by atoms with Crippen molar-refractivity contribution in [2.45, 2.75) is 18.8 Å². The monoisotopic (exact) mass is 185 g/mol. The molecule has 0 fully saturated rings. The fourth-order valence-electron chi connectivity index (χ4n) is 1.93. The third kappa shape index (κ3) is 1.58. The van der Waals surface area contributed by atoms with E-state index in [-0.39, 0.29) is 5.41 Å². The van der Waals surface area contributed by atoms with Crippen LogP contribution in [0.25, 0.3) is 0 Å². The van der Waals surface area contributed by atoms with E-state index in [1.165, 1.54) is 5.56 Å². The average molecular weight is 185 g/mol. The van der Waals surface area contributed by atoms with Crippen molar-refractivity contribution in [3.05, 3.63) is 59.8 Å². The Morgan fingerprint density at radius 1 is 1.21 bits per heavy atom. The van der Waals surface area contributed by atoms with Crippen LogP contribution in [0.4, 0.5) is 0 Å². The van der Waals surface area contributed by atoms with Crippen molar-refractivity contribution in [2.24, 2.45) is 5.73 Å². The molecule has 0 amide bonds. The zero-order valence-electron chi connectivity index (χ0n) is 8.40. The summed E-state index contributed by atoms with van der Waals surface area (Å²) in [6.45, 7) is 2.22. The fourth-order valence-corrected chi connectivity index (χ4v) is 1.93. The van der Waals surface area contributed by atoms with Crippen LogP contribution in [0.2, 0.25) is 0 Å². The molecule has 0 spiro atoms. The summed E-state index contributed by atoms with van der Waals surface area (Å²) in [6, 6.07) is 10.5. The highest BCUT2D eigenvalue weighted by atomic mass is 14.6. The Morgan fingerprint density at radius 2 is 1.93 bits per heavy atom. The molecule has 72 valence electrons. The Kier molecular flexibility index (Phi) is 2.16. The molecule has 1 aromatic rings. The summed E-state index contributed by atoms with van der Waals surface area (Å²) in [5.41, 5.74) is 8.08. The van der Waals surface area contributed by atoms with Crippen LogP contribution in [0, 0.1) is 0 Å². The molecule has 2 N–H and O–H groups in total. The topological polar surface area (TPSA) is 26.0 Å². The maximum absolute atomic E-state index is 5.82. The van der Waals surface area contributed by atoms with Crippen molar-refractivity contribution < 1.29 is 0 Å². The largest absolute Gasteiger partial charge is 0.399 e. The van der Waals surface area contributed by atoms with Crippen molar-refractivity contribution in [2.75, 3.05) is 0 Å². The number of hydrogen-bond donors (Lipinski definition) is 1. The van der Waals surface area contributed by atoms with Gasteiger partial charge < -0.3 is 5.73 Å². The molecule has 0 saturated heterocycles. The second kappa shape index (κ2) is 3.33. The van der Waals surface area contributed by atoms with Gasteiger partial charge in [-0.15, -0.1) is 0 Å². The van der Waals surface area contributed by atoms with E-state index in [2.05, 4.69) is 43.3 Å². The number of benzene rings is 1. The first-order chi connectivity index (χ1) is 6.71. The second-order valence-electron chi connectivity index (χ2n) is 4.03. The Morgan fingerprint density at radius 3 is 2.57 bits per heavy atom. The summed E-state index contributed by atoms with van der Waals surface area (Å²) in [5, 5.41) is 0. The summed E-state index contributed by atoms with van der Waals surface area (Å²) < 4.78 is 0. The summed E-state index contributed by atoms with van der Waals surface area (Å²) in [4.78, 5) is 0. The van der Waals surface area contributed by atoms with Crippen LogP contribution in [0.5, 0.6) is 0 Å². The van der Waals surface area contributed by atoms with Gasteiger partial charge in [-0.2, -0.15) is 0 Å². The van der Waals surface area contributed by atoms with Gasteiger partial charge >= 0.3 is 0 Å². The minimum Gasteiger partial charge on any atom is -0.399 e. The molecule has 1 aliphatic carbocycles. The fraction of sp³-hybridized carbons (Fsp3) is 0.231. The smallest absolute Gasteiger partial charge is 0.0279 e. The van der Waals surface area contributed by atoms with Crippen LogP contribution in [0.3, 0.4) is 0 Å². The maximum atomic E-state index is 5.82. The van der Waals surface area contributed by atoms with Gasteiger partial charge in [0.1, 0.15) is 0 Å². The molecule has 1 aromatic carbocycles. The van der Waals surface area contributed by atoms with Crippen LogP contribution in [-0.4, -0.2) is 0 Å². The standard InChI is InChI=1S/C13H15N/c1-13(9-5-8-12(14)10-13)11-6-3-2-4-7-11/h2-8,10H,9,14H2,1H3. The summed E-state index contributed by atoms with van der Waals surface area (Å²) in [6.07, 6.45) is 7.28. The predicted molar refractivity (Wildman–Crippen MR) is 59.8 cm³/mol. The maximum Gasteiger partial charge on any atom is 0.0279 e. The lowest BCUT2D eigenvalue weighted by Crippen LogP contribution is -2.22. The molecule has 2 rings (SSSR count). The Bertz CT molecular complexity index is 375. The van der Waals surface area contributed by atoms with Gasteiger partial charge in [-0.05, 0) is 18.1 Å². The van der Waals surface area contributed by atoms with E-state index in [9.17, 15) is 0 Å². The number of nitrogens with two attached hydrogens (primary N) is 1. The molecule has 1 unspecified atom stereocenters. The first-order valence-electron chi connectivity index (χ1n) is 4.91. The van der Waals surface area contributed by atoms with Gasteiger partial charge in [-0.25, -0.2) is 0 Å². The SMILES string of the molecule is CC1(c2ccccc2)C=C(N)C=CC1. The highest BCUT2D eigenvalue weighted by Crippen LogP contribution is 2.32. The molecular weight excluding hydrogens is 170 g/mol. The molecule has 1 atom stereocenters. The van der Waals surface area contributed by atoms with Crippen LogP contribution < -0.4 is 5.73 Å². The molecule has 0 aromatic heterocycles. The van der Waals surface area contributed by atoms with E-state index < -0.39 is 0 Å². The van der Waals surface area contributed by atoms with E-state index in [0.717, 1.165) is 12.1 Å². The molecular formula is C13H15N. The molecule has 14 heavy (non-hydrogen) atoms. The van der Waals surface area contributed by atoms with Crippen LogP contribution in [0.1, 0.15) is 18.9 Å². The highest BCUT2D eigenvalue weighted by Gasteiger charge is 2.24.